The SMILES string of the molecule is O=C(CCc1ccccc1)N1CCC(Cn2ccnc2-c2ccccc2)CC1. The Labute approximate surface area is 166 Å². The van der Waals surface area contributed by atoms with Crippen LogP contribution in [0.25, 0.3) is 11.4 Å². The molecule has 4 rings (SSSR count). The second-order valence-electron chi connectivity index (χ2n) is 7.58. The summed E-state index contributed by atoms with van der Waals surface area (Å²) in [7, 11) is 0. The molecule has 1 aliphatic heterocycles. The summed E-state index contributed by atoms with van der Waals surface area (Å²) in [6.07, 6.45) is 7.50. The van der Waals surface area contributed by atoms with Crippen molar-refractivity contribution in [2.45, 2.75) is 32.2 Å². The highest BCUT2D eigenvalue weighted by atomic mass is 16.2. The van der Waals surface area contributed by atoms with Gasteiger partial charge in [-0.25, -0.2) is 4.98 Å². The number of aromatic nitrogens is 2. The number of benzene rings is 2. The number of carbonyl (C=O) groups excluding carboxylic acids is 1. The number of nitrogens with zero attached hydrogens (tertiary/aromatic N) is 3. The van der Waals surface area contributed by atoms with Crippen molar-refractivity contribution >= 4 is 5.91 Å². The van der Waals surface area contributed by atoms with Crippen molar-refractivity contribution in [1.82, 2.24) is 14.5 Å². The Morgan fingerprint density at radius 2 is 1.64 bits per heavy atom. The fourth-order valence-corrected chi connectivity index (χ4v) is 4.00. The third-order valence-corrected chi connectivity index (χ3v) is 5.64. The standard InChI is InChI=1S/C24H27N3O/c28-23(12-11-20-7-3-1-4-8-20)26-16-13-21(14-17-26)19-27-18-15-25-24(27)22-9-5-2-6-10-22/h1-10,15,18,21H,11-14,16-17,19H2. The van der Waals surface area contributed by atoms with Gasteiger partial charge < -0.3 is 9.47 Å². The summed E-state index contributed by atoms with van der Waals surface area (Å²) in [5.74, 6) is 1.91. The van der Waals surface area contributed by atoms with Gasteiger partial charge in [-0.15, -0.1) is 0 Å². The van der Waals surface area contributed by atoms with E-state index < -0.39 is 0 Å². The minimum Gasteiger partial charge on any atom is -0.343 e. The van der Waals surface area contributed by atoms with Crippen LogP contribution >= 0.6 is 0 Å². The quantitative estimate of drug-likeness (QED) is 0.641. The second-order valence-corrected chi connectivity index (χ2v) is 7.58. The summed E-state index contributed by atoms with van der Waals surface area (Å²) in [6, 6.07) is 20.6. The van der Waals surface area contributed by atoms with Gasteiger partial charge in [0.1, 0.15) is 5.82 Å². The average molecular weight is 374 g/mol. The van der Waals surface area contributed by atoms with Crippen LogP contribution in [-0.2, 0) is 17.8 Å². The van der Waals surface area contributed by atoms with Crippen molar-refractivity contribution in [2.24, 2.45) is 5.92 Å². The molecule has 3 aromatic rings. The van der Waals surface area contributed by atoms with Gasteiger partial charge in [0.2, 0.25) is 5.91 Å². The summed E-state index contributed by atoms with van der Waals surface area (Å²) in [6.45, 7) is 2.71. The Morgan fingerprint density at radius 1 is 0.964 bits per heavy atom. The molecule has 0 unspecified atom stereocenters. The van der Waals surface area contributed by atoms with Gasteiger partial charge in [0.05, 0.1) is 0 Å². The third kappa shape index (κ3) is 4.50. The first-order chi connectivity index (χ1) is 13.8. The molecule has 144 valence electrons. The van der Waals surface area contributed by atoms with E-state index in [2.05, 4.69) is 40.0 Å². The molecule has 28 heavy (non-hydrogen) atoms. The number of hydrogen-bond acceptors (Lipinski definition) is 2. The minimum absolute atomic E-state index is 0.287. The van der Waals surface area contributed by atoms with Gasteiger partial charge in [0, 0.05) is 44.0 Å². The minimum atomic E-state index is 0.287. The Bertz CT molecular complexity index is 880. The molecule has 0 radical (unpaired) electrons. The number of amides is 1. The molecular weight excluding hydrogens is 346 g/mol. The van der Waals surface area contributed by atoms with Crippen LogP contribution in [0.3, 0.4) is 0 Å². The number of rotatable bonds is 6. The fraction of sp³-hybridized carbons (Fsp3) is 0.333. The summed E-state index contributed by atoms with van der Waals surface area (Å²) in [5.41, 5.74) is 2.39. The van der Waals surface area contributed by atoms with Crippen molar-refractivity contribution in [3.63, 3.8) is 0 Å². The van der Waals surface area contributed by atoms with E-state index in [1.54, 1.807) is 0 Å². The Kier molecular flexibility index (Phi) is 5.86. The number of aryl methyl sites for hydroxylation is 1. The smallest absolute Gasteiger partial charge is 0.222 e. The Balaban J connectivity index is 1.28. The van der Waals surface area contributed by atoms with Gasteiger partial charge in [-0.05, 0) is 30.7 Å². The van der Waals surface area contributed by atoms with Crippen molar-refractivity contribution in [1.29, 1.82) is 0 Å². The monoisotopic (exact) mass is 373 g/mol. The summed E-state index contributed by atoms with van der Waals surface area (Å²) in [4.78, 5) is 19.1. The Hall–Kier alpha value is -2.88. The molecule has 0 saturated carbocycles. The van der Waals surface area contributed by atoms with Crippen LogP contribution in [0, 0.1) is 5.92 Å². The first kappa shape index (κ1) is 18.5. The highest BCUT2D eigenvalue weighted by Crippen LogP contribution is 2.23. The lowest BCUT2D eigenvalue weighted by atomic mass is 9.96. The highest BCUT2D eigenvalue weighted by Gasteiger charge is 2.23. The van der Waals surface area contributed by atoms with Crippen LogP contribution in [0.2, 0.25) is 0 Å². The van der Waals surface area contributed by atoms with Gasteiger partial charge >= 0.3 is 0 Å². The zero-order valence-electron chi connectivity index (χ0n) is 16.2. The van der Waals surface area contributed by atoms with Gasteiger partial charge in [-0.2, -0.15) is 0 Å². The van der Waals surface area contributed by atoms with Crippen LogP contribution in [0.1, 0.15) is 24.8 Å². The van der Waals surface area contributed by atoms with Gasteiger partial charge in [0.15, 0.2) is 0 Å². The maximum Gasteiger partial charge on any atom is 0.222 e. The zero-order valence-corrected chi connectivity index (χ0v) is 16.2. The van der Waals surface area contributed by atoms with E-state index in [-0.39, 0.29) is 5.91 Å². The van der Waals surface area contributed by atoms with Crippen LogP contribution in [0.5, 0.6) is 0 Å². The van der Waals surface area contributed by atoms with E-state index in [9.17, 15) is 4.79 Å². The van der Waals surface area contributed by atoms with E-state index in [1.807, 2.05) is 47.5 Å². The molecule has 1 fully saturated rings. The van der Waals surface area contributed by atoms with Crippen molar-refractivity contribution in [2.75, 3.05) is 13.1 Å². The lowest BCUT2D eigenvalue weighted by Gasteiger charge is -2.32. The highest BCUT2D eigenvalue weighted by molar-refractivity contribution is 5.76. The lowest BCUT2D eigenvalue weighted by molar-refractivity contribution is -0.132. The number of carbonyl (C=O) groups is 1. The number of likely N-dealkylation sites (tertiary alicyclic amines) is 1. The van der Waals surface area contributed by atoms with E-state index >= 15 is 0 Å². The van der Waals surface area contributed by atoms with Crippen LogP contribution in [-0.4, -0.2) is 33.4 Å². The maximum absolute atomic E-state index is 12.5. The van der Waals surface area contributed by atoms with Crippen LogP contribution in [0.4, 0.5) is 0 Å². The van der Waals surface area contributed by atoms with Crippen LogP contribution < -0.4 is 0 Å². The lowest BCUT2D eigenvalue weighted by Crippen LogP contribution is -2.39. The molecule has 0 bridgehead atoms. The number of hydrogen-bond donors (Lipinski definition) is 0. The largest absolute Gasteiger partial charge is 0.343 e. The normalized spacial score (nSPS) is 14.9. The number of piperidine rings is 1. The second kappa shape index (κ2) is 8.87. The molecule has 1 saturated heterocycles. The molecule has 0 N–H and O–H groups in total. The van der Waals surface area contributed by atoms with Crippen LogP contribution in [0.15, 0.2) is 73.1 Å². The molecule has 1 aliphatic rings. The zero-order chi connectivity index (χ0) is 19.2. The average Bonchev–Trinajstić information content (AvgIpc) is 3.22. The predicted molar refractivity (Wildman–Crippen MR) is 112 cm³/mol. The molecule has 4 heteroatoms. The van der Waals surface area contributed by atoms with Crippen molar-refractivity contribution in [3.05, 3.63) is 78.6 Å². The Morgan fingerprint density at radius 3 is 2.36 bits per heavy atom. The summed E-state index contributed by atoms with van der Waals surface area (Å²) < 4.78 is 2.26. The molecule has 1 aromatic heterocycles. The molecule has 1 amide bonds. The number of imidazole rings is 1. The maximum atomic E-state index is 12.5. The van der Waals surface area contributed by atoms with Gasteiger partial charge in [0.25, 0.3) is 0 Å². The topological polar surface area (TPSA) is 38.1 Å². The van der Waals surface area contributed by atoms with Crippen molar-refractivity contribution < 1.29 is 4.79 Å². The summed E-state index contributed by atoms with van der Waals surface area (Å²) in [5, 5.41) is 0. The van der Waals surface area contributed by atoms with Gasteiger partial charge in [-0.1, -0.05) is 60.7 Å². The first-order valence-corrected chi connectivity index (χ1v) is 10.2. The molecule has 0 atom stereocenters. The fourth-order valence-electron chi connectivity index (χ4n) is 4.00. The molecule has 2 aromatic carbocycles. The third-order valence-electron chi connectivity index (χ3n) is 5.64. The predicted octanol–water partition coefficient (Wildman–Crippen LogP) is 4.42. The van der Waals surface area contributed by atoms with E-state index in [0.29, 0.717) is 12.3 Å². The molecule has 2 heterocycles. The van der Waals surface area contributed by atoms with E-state index in [1.165, 1.54) is 5.56 Å². The first-order valence-electron chi connectivity index (χ1n) is 10.2. The van der Waals surface area contributed by atoms with Gasteiger partial charge in [-0.3, -0.25) is 4.79 Å². The van der Waals surface area contributed by atoms with E-state index in [4.69, 9.17) is 0 Å². The molecular formula is C24H27N3O. The molecule has 0 spiro atoms. The summed E-state index contributed by atoms with van der Waals surface area (Å²) >= 11 is 0. The molecule has 4 nitrogen and oxygen atoms in total. The molecule has 0 aliphatic carbocycles. The van der Waals surface area contributed by atoms with E-state index in [0.717, 1.165) is 50.3 Å². The van der Waals surface area contributed by atoms with Crippen molar-refractivity contribution in [3.8, 4) is 11.4 Å².